The summed E-state index contributed by atoms with van der Waals surface area (Å²) in [6.45, 7) is 7.24. The standard InChI is InChI=1S/C35H50N2O7/c1-39-19-6-17-36-18-20-42-31-14-11-28(23-30(31)36)25-43-32-7-5-8-33(44-26-34(38)37-15-3-4-16-37)35(32)29-12-9-27(10-13-29)24-41-22-21-40-2/h9-14,23,32-33,35H,3-8,15-22,24-26H2,1-2H3/t32-,33+,35+/m0/s1. The van der Waals surface area contributed by atoms with E-state index < -0.39 is 0 Å². The molecule has 242 valence electrons. The van der Waals surface area contributed by atoms with Crippen LogP contribution in [0.4, 0.5) is 5.69 Å². The number of nitrogens with zero attached hydrogens (tertiary/aromatic N) is 2. The molecular weight excluding hydrogens is 560 g/mol. The number of ether oxygens (including phenoxy) is 6. The molecule has 9 nitrogen and oxygen atoms in total. The van der Waals surface area contributed by atoms with Crippen LogP contribution >= 0.6 is 0 Å². The normalized spacial score (nSPS) is 21.7. The number of carbonyl (C=O) groups is 1. The van der Waals surface area contributed by atoms with Crippen LogP contribution in [0.3, 0.4) is 0 Å². The second-order valence-corrected chi connectivity index (χ2v) is 12.0. The zero-order valence-corrected chi connectivity index (χ0v) is 26.5. The van der Waals surface area contributed by atoms with Gasteiger partial charge in [-0.25, -0.2) is 0 Å². The van der Waals surface area contributed by atoms with Crippen LogP contribution in [0.2, 0.25) is 0 Å². The summed E-state index contributed by atoms with van der Waals surface area (Å²) in [5.41, 5.74) is 4.54. The highest BCUT2D eigenvalue weighted by molar-refractivity contribution is 5.77. The molecule has 1 amide bonds. The predicted octanol–water partition coefficient (Wildman–Crippen LogP) is 4.95. The first-order chi connectivity index (χ1) is 21.7. The molecule has 2 fully saturated rings. The first-order valence-electron chi connectivity index (χ1n) is 16.3. The molecule has 2 aromatic rings. The molecule has 1 aliphatic carbocycles. The fraction of sp³-hybridized carbons (Fsp3) is 0.629. The van der Waals surface area contributed by atoms with Crippen molar-refractivity contribution in [3.63, 3.8) is 0 Å². The second-order valence-electron chi connectivity index (χ2n) is 12.0. The molecule has 0 N–H and O–H groups in total. The lowest BCUT2D eigenvalue weighted by Crippen LogP contribution is -2.40. The Morgan fingerprint density at radius 2 is 1.59 bits per heavy atom. The molecule has 0 unspecified atom stereocenters. The second kappa shape index (κ2) is 17.1. The number of anilines is 1. The third kappa shape index (κ3) is 8.95. The van der Waals surface area contributed by atoms with Crippen LogP contribution in [0, 0.1) is 0 Å². The van der Waals surface area contributed by atoms with Gasteiger partial charge in [0, 0.05) is 46.4 Å². The molecule has 3 aliphatic rings. The molecule has 3 atom stereocenters. The highest BCUT2D eigenvalue weighted by atomic mass is 16.5. The molecule has 1 saturated carbocycles. The lowest BCUT2D eigenvalue weighted by Gasteiger charge is -2.38. The summed E-state index contributed by atoms with van der Waals surface area (Å²) in [4.78, 5) is 17.2. The van der Waals surface area contributed by atoms with Gasteiger partial charge in [-0.3, -0.25) is 4.79 Å². The highest BCUT2D eigenvalue weighted by Crippen LogP contribution is 2.39. The monoisotopic (exact) mass is 610 g/mol. The van der Waals surface area contributed by atoms with E-state index in [0.29, 0.717) is 33.0 Å². The van der Waals surface area contributed by atoms with E-state index >= 15 is 0 Å². The third-order valence-corrected chi connectivity index (χ3v) is 8.95. The average Bonchev–Trinajstić information content (AvgIpc) is 3.61. The molecule has 0 bridgehead atoms. The van der Waals surface area contributed by atoms with Gasteiger partial charge in [-0.1, -0.05) is 30.3 Å². The summed E-state index contributed by atoms with van der Waals surface area (Å²) in [5.74, 6) is 1.06. The van der Waals surface area contributed by atoms with E-state index in [1.54, 1.807) is 14.2 Å². The van der Waals surface area contributed by atoms with Crippen molar-refractivity contribution >= 4 is 11.6 Å². The van der Waals surface area contributed by atoms with Gasteiger partial charge in [-0.15, -0.1) is 0 Å². The number of hydrogen-bond acceptors (Lipinski definition) is 8. The summed E-state index contributed by atoms with van der Waals surface area (Å²) in [5, 5.41) is 0. The Morgan fingerprint density at radius 1 is 0.841 bits per heavy atom. The Bertz CT molecular complexity index is 1150. The smallest absolute Gasteiger partial charge is 0.248 e. The Kier molecular flexibility index (Phi) is 12.7. The van der Waals surface area contributed by atoms with Crippen LogP contribution < -0.4 is 9.64 Å². The first-order valence-corrected chi connectivity index (χ1v) is 16.3. The summed E-state index contributed by atoms with van der Waals surface area (Å²) in [7, 11) is 3.42. The molecule has 1 saturated heterocycles. The SMILES string of the molecule is COCCCN1CCOc2ccc(CO[C@H]3CCC[C@@H](OCC(=O)N4CCCC4)[C@@H]3c3ccc(COCCOC)cc3)cc21. The molecule has 5 rings (SSSR count). The van der Waals surface area contributed by atoms with Crippen molar-refractivity contribution in [3.8, 4) is 5.75 Å². The van der Waals surface area contributed by atoms with E-state index in [2.05, 4.69) is 47.4 Å². The number of rotatable bonds is 16. The number of likely N-dealkylation sites (tertiary alicyclic amines) is 1. The molecular formula is C35H50N2O7. The van der Waals surface area contributed by atoms with Crippen LogP contribution in [-0.4, -0.2) is 96.4 Å². The predicted molar refractivity (Wildman–Crippen MR) is 169 cm³/mol. The number of methoxy groups -OCH3 is 2. The third-order valence-electron chi connectivity index (χ3n) is 8.95. The number of hydrogen-bond donors (Lipinski definition) is 0. The van der Waals surface area contributed by atoms with E-state index in [-0.39, 0.29) is 30.6 Å². The minimum absolute atomic E-state index is 0.0236. The van der Waals surface area contributed by atoms with Gasteiger partial charge in [0.1, 0.15) is 19.0 Å². The van der Waals surface area contributed by atoms with E-state index in [1.807, 2.05) is 4.90 Å². The summed E-state index contributed by atoms with van der Waals surface area (Å²) < 4.78 is 35.2. The topological polar surface area (TPSA) is 78.9 Å². The van der Waals surface area contributed by atoms with Gasteiger partial charge in [-0.05, 0) is 67.3 Å². The Hall–Kier alpha value is -2.69. The van der Waals surface area contributed by atoms with E-state index in [9.17, 15) is 4.79 Å². The molecule has 9 heteroatoms. The first kappa shape index (κ1) is 32.7. The van der Waals surface area contributed by atoms with E-state index in [1.165, 1.54) is 5.56 Å². The quantitative estimate of drug-likeness (QED) is 0.247. The molecule has 44 heavy (non-hydrogen) atoms. The Labute approximate surface area is 262 Å². The fourth-order valence-electron chi connectivity index (χ4n) is 6.57. The molecule has 0 radical (unpaired) electrons. The average molecular weight is 611 g/mol. The van der Waals surface area contributed by atoms with E-state index in [4.69, 9.17) is 28.4 Å². The van der Waals surface area contributed by atoms with Crippen molar-refractivity contribution < 1.29 is 33.2 Å². The summed E-state index contributed by atoms with van der Waals surface area (Å²) in [6.07, 6.45) is 5.88. The maximum Gasteiger partial charge on any atom is 0.248 e. The zero-order valence-electron chi connectivity index (χ0n) is 26.5. The largest absolute Gasteiger partial charge is 0.490 e. The molecule has 2 aliphatic heterocycles. The zero-order chi connectivity index (χ0) is 30.6. The van der Waals surface area contributed by atoms with Crippen molar-refractivity contribution in [2.24, 2.45) is 0 Å². The summed E-state index contributed by atoms with van der Waals surface area (Å²) in [6, 6.07) is 15.0. The highest BCUT2D eigenvalue weighted by Gasteiger charge is 2.37. The van der Waals surface area contributed by atoms with Crippen LogP contribution in [0.25, 0.3) is 0 Å². The molecule has 2 heterocycles. The van der Waals surface area contributed by atoms with Gasteiger partial charge >= 0.3 is 0 Å². The molecule has 2 aromatic carbocycles. The Morgan fingerprint density at radius 3 is 2.36 bits per heavy atom. The summed E-state index contributed by atoms with van der Waals surface area (Å²) >= 11 is 0. The fourth-order valence-corrected chi connectivity index (χ4v) is 6.57. The van der Waals surface area contributed by atoms with Gasteiger partial charge in [-0.2, -0.15) is 0 Å². The lowest BCUT2D eigenvalue weighted by atomic mass is 9.79. The van der Waals surface area contributed by atoms with E-state index in [0.717, 1.165) is 93.9 Å². The van der Waals surface area contributed by atoms with Crippen LogP contribution in [0.1, 0.15) is 61.1 Å². The maximum absolute atomic E-state index is 12.9. The minimum Gasteiger partial charge on any atom is -0.490 e. The molecule has 0 spiro atoms. The van der Waals surface area contributed by atoms with Crippen molar-refractivity contribution in [3.05, 3.63) is 59.2 Å². The van der Waals surface area contributed by atoms with Crippen LogP contribution in [0.15, 0.2) is 42.5 Å². The van der Waals surface area contributed by atoms with Crippen LogP contribution in [0.5, 0.6) is 5.75 Å². The van der Waals surface area contributed by atoms with Crippen molar-refractivity contribution in [2.45, 2.75) is 69.9 Å². The maximum atomic E-state index is 12.9. The van der Waals surface area contributed by atoms with Gasteiger partial charge in [0.05, 0.1) is 50.9 Å². The molecule has 0 aromatic heterocycles. The van der Waals surface area contributed by atoms with Crippen molar-refractivity contribution in [2.75, 3.05) is 78.3 Å². The number of carbonyl (C=O) groups excluding carboxylic acids is 1. The van der Waals surface area contributed by atoms with Crippen molar-refractivity contribution in [1.82, 2.24) is 4.90 Å². The van der Waals surface area contributed by atoms with Gasteiger partial charge in [0.15, 0.2) is 0 Å². The van der Waals surface area contributed by atoms with Gasteiger partial charge in [0.25, 0.3) is 0 Å². The van der Waals surface area contributed by atoms with Crippen molar-refractivity contribution in [1.29, 1.82) is 0 Å². The number of benzene rings is 2. The van der Waals surface area contributed by atoms with Gasteiger partial charge < -0.3 is 38.2 Å². The lowest BCUT2D eigenvalue weighted by molar-refractivity contribution is -0.140. The Balaban J connectivity index is 1.28. The number of fused-ring (bicyclic) bond motifs is 1. The van der Waals surface area contributed by atoms with Crippen LogP contribution in [-0.2, 0) is 41.7 Å². The minimum atomic E-state index is -0.0858. The number of amides is 1. The van der Waals surface area contributed by atoms with Gasteiger partial charge in [0.2, 0.25) is 5.91 Å².